The number of hydrogen-bond acceptors (Lipinski definition) is 0. The molecule has 0 N–H and O–H groups in total. The zero-order valence-electron chi connectivity index (χ0n) is 77.5. The minimum Gasteiger partial charge on any atom is -0.343 e. The van der Waals surface area contributed by atoms with Crippen LogP contribution in [0.4, 0.5) is 0 Å². The molecular formula is C104H196B2N4. The molecule has 4 nitrogen and oxygen atoms in total. The molecule has 4 aromatic heterocycles. The molecule has 0 amide bonds. The van der Waals surface area contributed by atoms with Crippen molar-refractivity contribution in [3.8, 4) is 0 Å². The second kappa shape index (κ2) is 110. The summed E-state index contributed by atoms with van der Waals surface area (Å²) in [5.41, 5.74) is 16.1. The van der Waals surface area contributed by atoms with E-state index in [-0.39, 0.29) is 61.4 Å². The van der Waals surface area contributed by atoms with Crippen LogP contribution in [0.2, 0.25) is 0 Å². The summed E-state index contributed by atoms with van der Waals surface area (Å²) in [6, 6.07) is 60.5. The van der Waals surface area contributed by atoms with Gasteiger partial charge >= 0.3 is 0 Å². The van der Waals surface area contributed by atoms with E-state index < -0.39 is 0 Å². The van der Waals surface area contributed by atoms with Crippen LogP contribution in [-0.4, -0.2) is 35.1 Å². The molecule has 6 radical (unpaired) electrons. The summed E-state index contributed by atoms with van der Waals surface area (Å²) in [4.78, 5) is 0. The van der Waals surface area contributed by atoms with Gasteiger partial charge in [0.15, 0.2) is 0 Å². The number of rotatable bonds is 4. The third-order valence-electron chi connectivity index (χ3n) is 13.4. The van der Waals surface area contributed by atoms with Gasteiger partial charge in [0, 0.05) is 110 Å². The smallest absolute Gasteiger partial charge is 0.0562 e. The van der Waals surface area contributed by atoms with Gasteiger partial charge in [-0.15, -0.1) is 0 Å². The summed E-state index contributed by atoms with van der Waals surface area (Å²) in [6.07, 6.45) is 5.17. The van der Waals surface area contributed by atoms with Crippen LogP contribution in [0, 0.1) is 0 Å². The SMILES string of the molecule is C.C.C.C.C.C.C=Cc1cccc2c3ccccc3n(C)c12.CC.CC.CC.CC.CC.CC.CC.CC.CC.CC.CC.CC.CC.CC.CC.CC.CC.CC.CC.CCc1cccc2c3ccccc3n(C)c12.CCc1cccc2c3ccccc3n(C)c12.CCc1cccc2c3ccccc3n(C)c12.[B].[B]. The van der Waals surface area contributed by atoms with Crippen molar-refractivity contribution in [1.29, 1.82) is 0 Å². The fraction of sp³-hybridized carbons (Fsp3) is 0.519. The average Bonchev–Trinajstić information content (AvgIpc) is 1.65. The third-order valence-corrected chi connectivity index (χ3v) is 13.4. The molecule has 638 valence electrons. The first-order chi connectivity index (χ1) is 50.3. The van der Waals surface area contributed by atoms with Crippen LogP contribution in [0.15, 0.2) is 176 Å². The lowest BCUT2D eigenvalue weighted by Gasteiger charge is -2.03. The Bertz CT molecular complexity index is 3370. The predicted molar refractivity (Wildman–Crippen MR) is 547 cm³/mol. The third kappa shape index (κ3) is 45.4. The van der Waals surface area contributed by atoms with E-state index in [1.165, 1.54) is 109 Å². The molecule has 0 aliphatic carbocycles. The standard InChI is InChI=1S/3C15H15N.C15H13N.19C2H6.6CH4.2B/c4*1-3-11-7-6-9-13-12-8-4-5-10-14(12)16(2)15(11)13;19*1-2;;;;;;;;/h3*4-10H,3H2,1-2H3;3-10H,1H2,2H3;19*1-2H3;6*1H4;;. The van der Waals surface area contributed by atoms with E-state index in [2.05, 4.69) is 244 Å². The fourth-order valence-electron chi connectivity index (χ4n) is 10.2. The first-order valence-electron chi connectivity index (χ1n) is 41.7. The number of aromatic nitrogens is 4. The van der Waals surface area contributed by atoms with Crippen LogP contribution in [0.1, 0.15) is 351 Å². The molecule has 0 bridgehead atoms. The van der Waals surface area contributed by atoms with Crippen molar-refractivity contribution in [2.75, 3.05) is 0 Å². The highest BCUT2D eigenvalue weighted by Gasteiger charge is 2.13. The monoisotopic (exact) mass is 1520 g/mol. The van der Waals surface area contributed by atoms with Crippen LogP contribution in [0.5, 0.6) is 0 Å². The Morgan fingerprint density at radius 1 is 0.209 bits per heavy atom. The Balaban J connectivity index is -0.0000000504. The summed E-state index contributed by atoms with van der Waals surface area (Å²) < 4.78 is 9.16. The largest absolute Gasteiger partial charge is 0.343 e. The van der Waals surface area contributed by atoms with E-state index in [1.807, 2.05) is 269 Å². The average molecular weight is 1520 g/mol. The summed E-state index contributed by atoms with van der Waals surface area (Å²) in [5, 5.41) is 10.8. The van der Waals surface area contributed by atoms with Gasteiger partial charge in [0.05, 0.1) is 22.1 Å². The number of para-hydroxylation sites is 8. The fourth-order valence-corrected chi connectivity index (χ4v) is 10.2. The van der Waals surface area contributed by atoms with Crippen molar-refractivity contribution in [1.82, 2.24) is 18.3 Å². The van der Waals surface area contributed by atoms with Crippen LogP contribution in [-0.2, 0) is 47.5 Å². The zero-order chi connectivity index (χ0) is 82.5. The Labute approximate surface area is 698 Å². The van der Waals surface area contributed by atoms with Crippen LogP contribution < -0.4 is 0 Å². The van der Waals surface area contributed by atoms with E-state index in [9.17, 15) is 0 Å². The molecule has 110 heavy (non-hydrogen) atoms. The van der Waals surface area contributed by atoms with Gasteiger partial charge in [0.1, 0.15) is 0 Å². The second-order valence-corrected chi connectivity index (χ2v) is 16.8. The van der Waals surface area contributed by atoms with Crippen LogP contribution in [0.3, 0.4) is 0 Å². The summed E-state index contributed by atoms with van der Waals surface area (Å²) in [6.45, 7) is 86.5. The molecule has 0 fully saturated rings. The Hall–Kier alpha value is -7.17. The molecule has 0 atom stereocenters. The molecule has 0 saturated carbocycles. The molecule has 6 heteroatoms. The van der Waals surface area contributed by atoms with Gasteiger partial charge in [-0.1, -0.05) is 487 Å². The lowest BCUT2D eigenvalue weighted by molar-refractivity contribution is 0.995. The molecular weight excluding hydrogens is 1330 g/mol. The molecule has 8 aromatic carbocycles. The minimum atomic E-state index is 0. The Kier molecular flexibility index (Phi) is 152. The summed E-state index contributed by atoms with van der Waals surface area (Å²) >= 11 is 0. The second-order valence-electron chi connectivity index (χ2n) is 16.8. The quantitative estimate of drug-likeness (QED) is 0.157. The number of aryl methyl sites for hydroxylation is 7. The highest BCUT2D eigenvalue weighted by atomic mass is 15.0. The number of fused-ring (bicyclic) bond motifs is 12. The topological polar surface area (TPSA) is 19.7 Å². The minimum absolute atomic E-state index is 0. The highest BCUT2D eigenvalue weighted by molar-refractivity contribution is 6.12. The van der Waals surface area contributed by atoms with Gasteiger partial charge in [-0.05, 0) is 65.8 Å². The maximum absolute atomic E-state index is 3.88. The Morgan fingerprint density at radius 3 is 0.527 bits per heavy atom. The van der Waals surface area contributed by atoms with Crippen molar-refractivity contribution in [2.45, 2.75) is 348 Å². The van der Waals surface area contributed by atoms with Crippen molar-refractivity contribution in [3.63, 3.8) is 0 Å². The van der Waals surface area contributed by atoms with Gasteiger partial charge in [-0.2, -0.15) is 0 Å². The van der Waals surface area contributed by atoms with Crippen molar-refractivity contribution in [3.05, 3.63) is 199 Å². The van der Waals surface area contributed by atoms with Gasteiger partial charge in [-0.25, -0.2) is 0 Å². The number of benzene rings is 8. The molecule has 0 aliphatic heterocycles. The summed E-state index contributed by atoms with van der Waals surface area (Å²) in [7, 11) is 8.58. The molecule has 0 unspecified atom stereocenters. The lowest BCUT2D eigenvalue weighted by atomic mass is 10.1. The zero-order valence-corrected chi connectivity index (χ0v) is 77.5. The normalized spacial score (nSPS) is 7.61. The first kappa shape index (κ1) is 152. The maximum atomic E-state index is 3.88. The van der Waals surface area contributed by atoms with Gasteiger partial charge in [-0.3, -0.25) is 0 Å². The van der Waals surface area contributed by atoms with Crippen LogP contribution in [0.25, 0.3) is 93.3 Å². The number of nitrogens with zero attached hydrogens (tertiary/aromatic N) is 4. The predicted octanol–water partition coefficient (Wildman–Crippen LogP) is 38.2. The van der Waals surface area contributed by atoms with E-state index in [0.717, 1.165) is 19.3 Å². The highest BCUT2D eigenvalue weighted by Crippen LogP contribution is 2.34. The van der Waals surface area contributed by atoms with Gasteiger partial charge in [0.25, 0.3) is 0 Å². The van der Waals surface area contributed by atoms with E-state index in [4.69, 9.17) is 0 Å². The molecule has 0 saturated heterocycles. The van der Waals surface area contributed by atoms with Crippen molar-refractivity contribution < 1.29 is 0 Å². The van der Waals surface area contributed by atoms with Crippen molar-refractivity contribution >= 4 is 110 Å². The summed E-state index contributed by atoms with van der Waals surface area (Å²) in [5.74, 6) is 0. The van der Waals surface area contributed by atoms with Crippen LogP contribution >= 0.6 is 0 Å². The van der Waals surface area contributed by atoms with Crippen molar-refractivity contribution in [2.24, 2.45) is 28.2 Å². The van der Waals surface area contributed by atoms with E-state index in [0.29, 0.717) is 0 Å². The molecule has 0 aliphatic rings. The molecule has 0 spiro atoms. The number of hydrogen-bond donors (Lipinski definition) is 0. The molecule has 4 heterocycles. The first-order valence-corrected chi connectivity index (χ1v) is 41.7. The Morgan fingerprint density at radius 2 is 0.355 bits per heavy atom. The molecule has 12 aromatic rings. The lowest BCUT2D eigenvalue weighted by Crippen LogP contribution is -1.91. The van der Waals surface area contributed by atoms with Gasteiger partial charge < -0.3 is 18.3 Å². The van der Waals surface area contributed by atoms with E-state index in [1.54, 1.807) is 0 Å². The van der Waals surface area contributed by atoms with E-state index >= 15 is 0 Å². The molecule has 12 rings (SSSR count). The maximum Gasteiger partial charge on any atom is 0.0562 e. The van der Waals surface area contributed by atoms with Gasteiger partial charge in [0.2, 0.25) is 0 Å².